The Bertz CT molecular complexity index is 519. The number of likely N-dealkylation sites (N-methyl/N-ethyl adjacent to an activating group) is 1. The van der Waals surface area contributed by atoms with Gasteiger partial charge in [-0.2, -0.15) is 0 Å². The maximum atomic E-state index is 6.45. The third kappa shape index (κ3) is 3.62. The largest absolute Gasteiger partial charge is 0.321 e. The van der Waals surface area contributed by atoms with Crippen LogP contribution in [-0.2, 0) is 12.1 Å². The molecule has 0 bridgehead atoms. The fourth-order valence-corrected chi connectivity index (χ4v) is 3.11. The molecular formula is C15H21N3S. The van der Waals surface area contributed by atoms with Crippen LogP contribution in [0.15, 0.2) is 35.8 Å². The van der Waals surface area contributed by atoms with Gasteiger partial charge in [0.1, 0.15) is 0 Å². The molecule has 1 aromatic carbocycles. The molecule has 0 aliphatic rings. The molecule has 0 amide bonds. The van der Waals surface area contributed by atoms with E-state index in [-0.39, 0.29) is 5.54 Å². The van der Waals surface area contributed by atoms with Gasteiger partial charge in [-0.25, -0.2) is 4.98 Å². The predicted molar refractivity (Wildman–Crippen MR) is 81.2 cm³/mol. The summed E-state index contributed by atoms with van der Waals surface area (Å²) in [6.45, 7) is 5.85. The number of thiazole rings is 1. The zero-order valence-electron chi connectivity index (χ0n) is 11.8. The van der Waals surface area contributed by atoms with Crippen molar-refractivity contribution in [3.63, 3.8) is 0 Å². The summed E-state index contributed by atoms with van der Waals surface area (Å²) in [5, 5.41) is 0. The van der Waals surface area contributed by atoms with Gasteiger partial charge in [-0.05, 0) is 26.5 Å². The average molecular weight is 275 g/mol. The molecular weight excluding hydrogens is 254 g/mol. The topological polar surface area (TPSA) is 42.2 Å². The van der Waals surface area contributed by atoms with Gasteiger partial charge in [-0.15, -0.1) is 11.3 Å². The minimum Gasteiger partial charge on any atom is -0.321 e. The van der Waals surface area contributed by atoms with Crippen molar-refractivity contribution in [1.82, 2.24) is 9.88 Å². The SMILES string of the molecule is Cc1ncsc1CN(C)CC(C)(N)c1ccccc1. The van der Waals surface area contributed by atoms with Gasteiger partial charge in [0, 0.05) is 18.0 Å². The van der Waals surface area contributed by atoms with Crippen molar-refractivity contribution >= 4 is 11.3 Å². The lowest BCUT2D eigenvalue weighted by molar-refractivity contribution is 0.254. The Kier molecular flexibility index (Phi) is 4.34. The zero-order chi connectivity index (χ0) is 13.9. The Hall–Kier alpha value is -1.23. The summed E-state index contributed by atoms with van der Waals surface area (Å²) >= 11 is 1.71. The average Bonchev–Trinajstić information content (AvgIpc) is 2.75. The Morgan fingerprint density at radius 3 is 2.58 bits per heavy atom. The molecule has 3 nitrogen and oxygen atoms in total. The predicted octanol–water partition coefficient (Wildman–Crippen LogP) is 2.76. The standard InChI is InChI=1S/C15H21N3S/c1-12-14(19-11-17-12)9-18(3)10-15(2,16)13-7-5-4-6-8-13/h4-8,11H,9-10,16H2,1-3H3. The van der Waals surface area contributed by atoms with E-state index in [9.17, 15) is 0 Å². The minimum absolute atomic E-state index is 0.339. The normalized spacial score (nSPS) is 14.6. The molecule has 102 valence electrons. The van der Waals surface area contributed by atoms with Gasteiger partial charge >= 0.3 is 0 Å². The molecule has 1 heterocycles. The van der Waals surface area contributed by atoms with Crippen LogP contribution in [0, 0.1) is 6.92 Å². The summed E-state index contributed by atoms with van der Waals surface area (Å²) < 4.78 is 0. The van der Waals surface area contributed by atoms with E-state index in [0.717, 1.165) is 18.8 Å². The third-order valence-corrected chi connectivity index (χ3v) is 4.21. The highest BCUT2D eigenvalue weighted by Crippen LogP contribution is 2.20. The van der Waals surface area contributed by atoms with Crippen LogP contribution in [-0.4, -0.2) is 23.5 Å². The number of hydrogen-bond donors (Lipinski definition) is 1. The molecule has 2 N–H and O–H groups in total. The second-order valence-corrected chi connectivity index (χ2v) is 6.26. The molecule has 2 aromatic rings. The number of nitrogens with zero attached hydrogens (tertiary/aromatic N) is 2. The number of benzene rings is 1. The molecule has 0 spiro atoms. The van der Waals surface area contributed by atoms with Gasteiger partial charge in [0.05, 0.1) is 16.7 Å². The van der Waals surface area contributed by atoms with Crippen LogP contribution in [0.25, 0.3) is 0 Å². The lowest BCUT2D eigenvalue weighted by Gasteiger charge is -2.30. The second-order valence-electron chi connectivity index (χ2n) is 5.32. The van der Waals surface area contributed by atoms with Crippen LogP contribution in [0.5, 0.6) is 0 Å². The van der Waals surface area contributed by atoms with Crippen molar-refractivity contribution in [2.75, 3.05) is 13.6 Å². The van der Waals surface area contributed by atoms with Crippen molar-refractivity contribution in [3.05, 3.63) is 52.0 Å². The minimum atomic E-state index is -0.339. The Labute approximate surface area is 119 Å². The smallest absolute Gasteiger partial charge is 0.0798 e. The number of aromatic nitrogens is 1. The highest BCUT2D eigenvalue weighted by molar-refractivity contribution is 7.09. The van der Waals surface area contributed by atoms with Crippen molar-refractivity contribution in [2.24, 2.45) is 5.73 Å². The number of nitrogens with two attached hydrogens (primary N) is 1. The summed E-state index contributed by atoms with van der Waals surface area (Å²) in [7, 11) is 2.10. The molecule has 0 aliphatic carbocycles. The molecule has 4 heteroatoms. The Balaban J connectivity index is 2.02. The van der Waals surface area contributed by atoms with Gasteiger partial charge in [0.15, 0.2) is 0 Å². The monoisotopic (exact) mass is 275 g/mol. The maximum Gasteiger partial charge on any atom is 0.0798 e. The van der Waals surface area contributed by atoms with Crippen molar-refractivity contribution in [2.45, 2.75) is 25.9 Å². The Morgan fingerprint density at radius 2 is 2.00 bits per heavy atom. The third-order valence-electron chi connectivity index (χ3n) is 3.29. The molecule has 1 atom stereocenters. The molecule has 19 heavy (non-hydrogen) atoms. The molecule has 1 unspecified atom stereocenters. The number of aryl methyl sites for hydroxylation is 1. The van der Waals surface area contributed by atoms with Crippen LogP contribution in [0.3, 0.4) is 0 Å². The van der Waals surface area contributed by atoms with E-state index in [2.05, 4.69) is 42.9 Å². The lowest BCUT2D eigenvalue weighted by Crippen LogP contribution is -2.43. The highest BCUT2D eigenvalue weighted by Gasteiger charge is 2.23. The van der Waals surface area contributed by atoms with Gasteiger partial charge in [0.2, 0.25) is 0 Å². The van der Waals surface area contributed by atoms with Gasteiger partial charge in [-0.1, -0.05) is 30.3 Å². The zero-order valence-corrected chi connectivity index (χ0v) is 12.6. The van der Waals surface area contributed by atoms with Gasteiger partial charge < -0.3 is 5.73 Å². The van der Waals surface area contributed by atoms with Crippen LogP contribution >= 0.6 is 11.3 Å². The van der Waals surface area contributed by atoms with Crippen molar-refractivity contribution < 1.29 is 0 Å². The fraction of sp³-hybridized carbons (Fsp3) is 0.400. The van der Waals surface area contributed by atoms with Crippen molar-refractivity contribution in [3.8, 4) is 0 Å². The van der Waals surface area contributed by atoms with Crippen LogP contribution in [0.4, 0.5) is 0 Å². The molecule has 0 aliphatic heterocycles. The van der Waals surface area contributed by atoms with E-state index in [4.69, 9.17) is 5.73 Å². The van der Waals surface area contributed by atoms with Crippen LogP contribution in [0.1, 0.15) is 23.1 Å². The van der Waals surface area contributed by atoms with E-state index in [1.165, 1.54) is 10.4 Å². The lowest BCUT2D eigenvalue weighted by atomic mass is 9.93. The van der Waals surface area contributed by atoms with E-state index in [1.807, 2.05) is 23.7 Å². The Morgan fingerprint density at radius 1 is 1.32 bits per heavy atom. The molecule has 0 fully saturated rings. The van der Waals surface area contributed by atoms with E-state index in [0.29, 0.717) is 0 Å². The van der Waals surface area contributed by atoms with Gasteiger partial charge in [0.25, 0.3) is 0 Å². The summed E-state index contributed by atoms with van der Waals surface area (Å²) in [5.74, 6) is 0. The van der Waals surface area contributed by atoms with E-state index < -0.39 is 0 Å². The first kappa shape index (κ1) is 14.2. The number of rotatable bonds is 5. The van der Waals surface area contributed by atoms with Gasteiger partial charge in [-0.3, -0.25) is 4.90 Å². The van der Waals surface area contributed by atoms with Crippen LogP contribution in [0.2, 0.25) is 0 Å². The molecule has 0 saturated carbocycles. The first-order chi connectivity index (χ1) is 8.99. The summed E-state index contributed by atoms with van der Waals surface area (Å²) in [5.41, 5.74) is 10.3. The first-order valence-corrected chi connectivity index (χ1v) is 7.29. The quantitative estimate of drug-likeness (QED) is 0.912. The molecule has 0 radical (unpaired) electrons. The molecule has 1 aromatic heterocycles. The van der Waals surface area contributed by atoms with E-state index in [1.54, 1.807) is 11.3 Å². The van der Waals surface area contributed by atoms with Crippen LogP contribution < -0.4 is 5.73 Å². The first-order valence-electron chi connectivity index (χ1n) is 6.41. The van der Waals surface area contributed by atoms with E-state index >= 15 is 0 Å². The second kappa shape index (κ2) is 5.82. The highest BCUT2D eigenvalue weighted by atomic mass is 32.1. The summed E-state index contributed by atoms with van der Waals surface area (Å²) in [6, 6.07) is 10.3. The number of hydrogen-bond acceptors (Lipinski definition) is 4. The maximum absolute atomic E-state index is 6.45. The van der Waals surface area contributed by atoms with Crippen molar-refractivity contribution in [1.29, 1.82) is 0 Å². The summed E-state index contributed by atoms with van der Waals surface area (Å²) in [6.07, 6.45) is 0. The molecule has 0 saturated heterocycles. The summed E-state index contributed by atoms with van der Waals surface area (Å²) in [4.78, 5) is 7.85. The molecule has 2 rings (SSSR count). The fourth-order valence-electron chi connectivity index (χ4n) is 2.25.